The number of ether oxygens (including phenoxy) is 2. The topological polar surface area (TPSA) is 80.3 Å². The van der Waals surface area contributed by atoms with Gasteiger partial charge in [-0.2, -0.15) is 0 Å². The highest BCUT2D eigenvalue weighted by molar-refractivity contribution is 5.92. The second-order valence-electron chi connectivity index (χ2n) is 10.3. The highest BCUT2D eigenvalue weighted by atomic mass is 16.6. The molecule has 0 saturated carbocycles. The van der Waals surface area contributed by atoms with E-state index in [1.165, 1.54) is 0 Å². The number of aryl methyl sites for hydroxylation is 1. The molecule has 182 valence electrons. The van der Waals surface area contributed by atoms with Gasteiger partial charge in [-0.25, -0.2) is 4.79 Å². The Balaban J connectivity index is 1.35. The van der Waals surface area contributed by atoms with Crippen LogP contribution in [0, 0.1) is 6.92 Å². The van der Waals surface area contributed by atoms with Gasteiger partial charge in [0.25, 0.3) is 0 Å². The monoisotopic (exact) mass is 472 g/mol. The zero-order valence-corrected chi connectivity index (χ0v) is 21.0. The number of hydrogen-bond acceptors (Lipinski definition) is 5. The molecule has 1 aromatic carbocycles. The molecule has 0 aliphatic carbocycles. The lowest BCUT2D eigenvalue weighted by Gasteiger charge is -2.33. The molecule has 0 radical (unpaired) electrons. The Morgan fingerprint density at radius 3 is 2.57 bits per heavy atom. The van der Waals surface area contributed by atoms with Crippen molar-refractivity contribution < 1.29 is 14.3 Å². The Morgan fingerprint density at radius 1 is 1.09 bits per heavy atom. The maximum Gasteiger partial charge on any atom is 0.410 e. The first-order valence-electron chi connectivity index (χ1n) is 12.1. The number of aromatic amines is 1. The number of aromatic nitrogens is 3. The lowest BCUT2D eigenvalue weighted by Crippen LogP contribution is -2.41. The molecule has 3 aromatic heterocycles. The second-order valence-corrected chi connectivity index (χ2v) is 10.3. The Kier molecular flexibility index (Phi) is 5.87. The van der Waals surface area contributed by atoms with Crippen LogP contribution in [0.1, 0.15) is 50.9 Å². The Morgan fingerprint density at radius 2 is 1.86 bits per heavy atom. The zero-order chi connectivity index (χ0) is 24.7. The van der Waals surface area contributed by atoms with Crippen molar-refractivity contribution in [3.8, 4) is 17.0 Å². The number of pyridine rings is 2. The molecule has 0 atom stereocenters. The summed E-state index contributed by atoms with van der Waals surface area (Å²) in [5.41, 5.74) is 5.45. The van der Waals surface area contributed by atoms with E-state index in [9.17, 15) is 4.79 Å². The third-order valence-electron chi connectivity index (χ3n) is 6.50. The van der Waals surface area contributed by atoms with Crippen molar-refractivity contribution in [2.24, 2.45) is 0 Å². The van der Waals surface area contributed by atoms with Gasteiger partial charge in [-0.05, 0) is 70.9 Å². The van der Waals surface area contributed by atoms with Gasteiger partial charge in [-0.3, -0.25) is 9.97 Å². The first-order valence-corrected chi connectivity index (χ1v) is 12.1. The van der Waals surface area contributed by atoms with E-state index in [1.54, 1.807) is 12.0 Å². The fraction of sp³-hybridized carbons (Fsp3) is 0.393. The number of fused-ring (bicyclic) bond motifs is 2. The molecule has 4 aromatic rings. The molecule has 0 unspecified atom stereocenters. The Bertz CT molecular complexity index is 1390. The van der Waals surface area contributed by atoms with Crippen molar-refractivity contribution in [2.45, 2.75) is 52.1 Å². The van der Waals surface area contributed by atoms with Gasteiger partial charge < -0.3 is 19.4 Å². The number of methoxy groups -OCH3 is 1. The van der Waals surface area contributed by atoms with Gasteiger partial charge in [-0.1, -0.05) is 6.07 Å². The van der Waals surface area contributed by atoms with E-state index in [4.69, 9.17) is 19.4 Å². The van der Waals surface area contributed by atoms with Gasteiger partial charge in [0.05, 0.1) is 30.0 Å². The largest absolute Gasteiger partial charge is 0.495 e. The lowest BCUT2D eigenvalue weighted by molar-refractivity contribution is 0.0204. The fourth-order valence-corrected chi connectivity index (χ4v) is 4.77. The van der Waals surface area contributed by atoms with E-state index in [0.717, 1.165) is 63.0 Å². The first-order chi connectivity index (χ1) is 16.7. The van der Waals surface area contributed by atoms with Crippen molar-refractivity contribution in [3.05, 3.63) is 54.0 Å². The fourth-order valence-electron chi connectivity index (χ4n) is 4.77. The first kappa shape index (κ1) is 23.1. The van der Waals surface area contributed by atoms with Crippen LogP contribution in [0.25, 0.3) is 33.1 Å². The van der Waals surface area contributed by atoms with Gasteiger partial charge in [0, 0.05) is 46.7 Å². The second kappa shape index (κ2) is 8.87. The molecule has 1 aliphatic heterocycles. The normalized spacial score (nSPS) is 15.1. The predicted molar refractivity (Wildman–Crippen MR) is 138 cm³/mol. The van der Waals surface area contributed by atoms with Crippen LogP contribution in [-0.2, 0) is 4.74 Å². The molecule has 1 amide bonds. The Labute approximate surface area is 205 Å². The smallest absolute Gasteiger partial charge is 0.410 e. The number of amides is 1. The summed E-state index contributed by atoms with van der Waals surface area (Å²) in [6.45, 7) is 9.08. The predicted octanol–water partition coefficient (Wildman–Crippen LogP) is 6.21. The van der Waals surface area contributed by atoms with Crippen LogP contribution in [0.5, 0.6) is 5.75 Å². The molecule has 5 rings (SSSR count). The van der Waals surface area contributed by atoms with E-state index >= 15 is 0 Å². The summed E-state index contributed by atoms with van der Waals surface area (Å²) in [4.78, 5) is 27.2. The van der Waals surface area contributed by atoms with Crippen LogP contribution in [0.3, 0.4) is 0 Å². The number of piperidine rings is 1. The van der Waals surface area contributed by atoms with Crippen molar-refractivity contribution in [1.29, 1.82) is 0 Å². The quantitative estimate of drug-likeness (QED) is 0.383. The summed E-state index contributed by atoms with van der Waals surface area (Å²) in [5, 5.41) is 2.15. The van der Waals surface area contributed by atoms with Crippen molar-refractivity contribution >= 4 is 27.9 Å². The SMILES string of the molecule is COc1cc(-c2cc3ccc(C4CCN(C(=O)OC(C)(C)C)CC4)nc3cn2)cc2cc(C)[nH]c12. The number of hydrogen-bond donors (Lipinski definition) is 1. The zero-order valence-electron chi connectivity index (χ0n) is 21.0. The van der Waals surface area contributed by atoms with Crippen LogP contribution in [0.4, 0.5) is 4.79 Å². The average molecular weight is 473 g/mol. The molecule has 1 fully saturated rings. The van der Waals surface area contributed by atoms with Crippen LogP contribution in [0.2, 0.25) is 0 Å². The lowest BCUT2D eigenvalue weighted by atomic mass is 9.93. The molecule has 4 heterocycles. The molecule has 7 nitrogen and oxygen atoms in total. The molecule has 1 saturated heterocycles. The third kappa shape index (κ3) is 4.81. The molecule has 1 N–H and O–H groups in total. The van der Waals surface area contributed by atoms with Gasteiger partial charge in [0.1, 0.15) is 11.4 Å². The number of nitrogens with zero attached hydrogens (tertiary/aromatic N) is 3. The highest BCUT2D eigenvalue weighted by Gasteiger charge is 2.28. The van der Waals surface area contributed by atoms with Crippen molar-refractivity contribution in [2.75, 3.05) is 20.2 Å². The van der Waals surface area contributed by atoms with Gasteiger partial charge in [-0.15, -0.1) is 0 Å². The number of nitrogens with one attached hydrogen (secondary N) is 1. The van der Waals surface area contributed by atoms with E-state index in [-0.39, 0.29) is 6.09 Å². The van der Waals surface area contributed by atoms with Crippen LogP contribution >= 0.6 is 0 Å². The molecule has 0 spiro atoms. The number of benzene rings is 1. The third-order valence-corrected chi connectivity index (χ3v) is 6.50. The van der Waals surface area contributed by atoms with Crippen molar-refractivity contribution in [3.63, 3.8) is 0 Å². The molecule has 35 heavy (non-hydrogen) atoms. The summed E-state index contributed by atoms with van der Waals surface area (Å²) in [6.07, 6.45) is 3.37. The van der Waals surface area contributed by atoms with Crippen LogP contribution in [-0.4, -0.2) is 51.7 Å². The molecule has 7 heteroatoms. The van der Waals surface area contributed by atoms with Crippen LogP contribution in [0.15, 0.2) is 42.6 Å². The maximum absolute atomic E-state index is 12.4. The standard InChI is InChI=1S/C28H32N4O3/c1-17-12-21-13-20(15-25(34-5)26(21)30-17)23-14-19-6-7-22(31-24(19)16-29-23)18-8-10-32(11-9-18)27(33)35-28(2,3)4/h6-7,12-16,18,30H,8-11H2,1-5H3. The molecule has 0 bridgehead atoms. The molecular formula is C28H32N4O3. The van der Waals surface area contributed by atoms with Gasteiger partial charge in [0.2, 0.25) is 0 Å². The summed E-state index contributed by atoms with van der Waals surface area (Å²) in [6, 6.07) is 12.6. The van der Waals surface area contributed by atoms with Crippen molar-refractivity contribution in [1.82, 2.24) is 19.9 Å². The van der Waals surface area contributed by atoms with E-state index in [2.05, 4.69) is 35.3 Å². The average Bonchev–Trinajstić information content (AvgIpc) is 3.22. The minimum absolute atomic E-state index is 0.233. The van der Waals surface area contributed by atoms with E-state index in [1.807, 2.05) is 40.0 Å². The highest BCUT2D eigenvalue weighted by Crippen LogP contribution is 2.33. The number of rotatable bonds is 3. The van der Waals surface area contributed by atoms with Crippen LogP contribution < -0.4 is 4.74 Å². The van der Waals surface area contributed by atoms with Gasteiger partial charge >= 0.3 is 6.09 Å². The number of carbonyl (C=O) groups is 1. The minimum atomic E-state index is -0.475. The molecule has 1 aliphatic rings. The number of carbonyl (C=O) groups excluding carboxylic acids is 1. The van der Waals surface area contributed by atoms with E-state index in [0.29, 0.717) is 19.0 Å². The number of likely N-dealkylation sites (tertiary alicyclic amines) is 1. The summed E-state index contributed by atoms with van der Waals surface area (Å²) >= 11 is 0. The summed E-state index contributed by atoms with van der Waals surface area (Å²) in [5.74, 6) is 1.12. The summed E-state index contributed by atoms with van der Waals surface area (Å²) < 4.78 is 11.1. The minimum Gasteiger partial charge on any atom is -0.495 e. The maximum atomic E-state index is 12.4. The van der Waals surface area contributed by atoms with E-state index < -0.39 is 5.60 Å². The van der Waals surface area contributed by atoms with Gasteiger partial charge in [0.15, 0.2) is 0 Å². The molecular weight excluding hydrogens is 440 g/mol. The Hall–Kier alpha value is -3.61. The summed E-state index contributed by atoms with van der Waals surface area (Å²) in [7, 11) is 1.69. The number of H-pyrrole nitrogens is 1.